The average molecular weight is 1230 g/mol. The number of esters is 4. The summed E-state index contributed by atoms with van der Waals surface area (Å²) in [6, 6.07) is 41.1. The number of hydrogen-bond acceptors (Lipinski definition) is 17. The first kappa shape index (κ1) is 61.0. The minimum atomic E-state index is -0.619. The molecule has 424 valence electrons. The SMILES string of the molecule is CCOC(=O)c1cc(C(=O)CBr)on1.CCOC(=O)c1cc(C(=O)C[N+]23CCC(CC2)[C@@H](OC(=O)C(NCc2ccccc2)c2ccccc2)C3)on1.O=C(O[C@H]1CN2CCC1CC2)C(NCc1ccccc1)c1ccccc1.[Br-]. The summed E-state index contributed by atoms with van der Waals surface area (Å²) >= 11 is 2.98. The molecule has 0 spiro atoms. The Hall–Kier alpha value is -6.68. The number of halogens is 2. The van der Waals surface area contributed by atoms with Gasteiger partial charge in [-0.3, -0.25) is 25.1 Å². The van der Waals surface area contributed by atoms with Crippen LogP contribution >= 0.6 is 15.9 Å². The molecule has 2 unspecified atom stereocenters. The van der Waals surface area contributed by atoms with E-state index in [0.717, 1.165) is 80.7 Å². The third-order valence-electron chi connectivity index (χ3n) is 14.8. The first-order valence-electron chi connectivity index (χ1n) is 27.0. The number of quaternary nitrogens is 1. The van der Waals surface area contributed by atoms with Crippen LogP contribution < -0.4 is 27.6 Å². The Morgan fingerprint density at radius 1 is 0.613 bits per heavy atom. The normalized spacial score (nSPS) is 21.1. The van der Waals surface area contributed by atoms with E-state index >= 15 is 0 Å². The van der Waals surface area contributed by atoms with E-state index in [-0.39, 0.29) is 107 Å². The summed E-state index contributed by atoms with van der Waals surface area (Å²) in [4.78, 5) is 76.2. The summed E-state index contributed by atoms with van der Waals surface area (Å²) in [5, 5.41) is 14.0. The predicted octanol–water partition coefficient (Wildman–Crippen LogP) is 5.31. The fourth-order valence-electron chi connectivity index (χ4n) is 10.5. The second-order valence-corrected chi connectivity index (χ2v) is 20.6. The van der Waals surface area contributed by atoms with Gasteiger partial charge in [-0.1, -0.05) is 148 Å². The Labute approximate surface area is 484 Å². The van der Waals surface area contributed by atoms with Crippen molar-refractivity contribution in [2.24, 2.45) is 11.8 Å². The van der Waals surface area contributed by atoms with Crippen molar-refractivity contribution in [3.05, 3.63) is 179 Å². The summed E-state index contributed by atoms with van der Waals surface area (Å²) in [6.45, 7) is 10.6. The molecule has 0 amide bonds. The van der Waals surface area contributed by atoms with Crippen LogP contribution in [0.25, 0.3) is 0 Å². The molecule has 4 atom stereocenters. The van der Waals surface area contributed by atoms with Crippen LogP contribution in [-0.4, -0.2) is 132 Å². The molecule has 20 heteroatoms. The van der Waals surface area contributed by atoms with E-state index in [1.807, 2.05) is 109 Å². The largest absolute Gasteiger partial charge is 1.00 e. The molecule has 18 nitrogen and oxygen atoms in total. The number of carbonyl (C=O) groups is 6. The van der Waals surface area contributed by atoms with Crippen LogP contribution in [0.2, 0.25) is 0 Å². The summed E-state index contributed by atoms with van der Waals surface area (Å²) in [7, 11) is 0. The van der Waals surface area contributed by atoms with E-state index in [0.29, 0.717) is 30.0 Å². The van der Waals surface area contributed by atoms with Gasteiger partial charge in [-0.25, -0.2) is 19.2 Å². The maximum atomic E-state index is 13.6. The van der Waals surface area contributed by atoms with Crippen molar-refractivity contribution < 1.29 is 78.2 Å². The number of piperidine rings is 6. The molecule has 4 aromatic carbocycles. The number of nitrogens with zero attached hydrogens (tertiary/aromatic N) is 4. The minimum Gasteiger partial charge on any atom is -1.00 e. The lowest BCUT2D eigenvalue weighted by molar-refractivity contribution is -0.938. The Balaban J connectivity index is 0.000000193. The maximum absolute atomic E-state index is 13.6. The highest BCUT2D eigenvalue weighted by atomic mass is 79.9. The van der Waals surface area contributed by atoms with Gasteiger partial charge in [0.05, 0.1) is 31.6 Å². The summed E-state index contributed by atoms with van der Waals surface area (Å²) < 4.78 is 32.1. The molecule has 80 heavy (non-hydrogen) atoms. The third kappa shape index (κ3) is 16.7. The number of rotatable bonds is 21. The van der Waals surface area contributed by atoms with Crippen molar-refractivity contribution in [2.75, 3.05) is 64.4 Å². The number of alkyl halides is 1. The Kier molecular flexibility index (Phi) is 23.0. The number of ether oxygens (including phenoxy) is 4. The highest BCUT2D eigenvalue weighted by Crippen LogP contribution is 2.37. The Bertz CT molecular complexity index is 2930. The number of carbonyl (C=O) groups excluding carboxylic acids is 6. The van der Waals surface area contributed by atoms with Crippen LogP contribution in [0.15, 0.2) is 143 Å². The maximum Gasteiger partial charge on any atom is 0.360 e. The molecule has 2 N–H and O–H groups in total. The van der Waals surface area contributed by atoms with E-state index in [2.05, 4.69) is 63.2 Å². The van der Waals surface area contributed by atoms with Crippen LogP contribution in [0.1, 0.15) is 116 Å². The first-order valence-corrected chi connectivity index (χ1v) is 28.1. The van der Waals surface area contributed by atoms with Crippen molar-refractivity contribution in [1.82, 2.24) is 25.8 Å². The van der Waals surface area contributed by atoms with Gasteiger partial charge in [0.15, 0.2) is 17.5 Å². The Morgan fingerprint density at radius 2 is 1.04 bits per heavy atom. The molecule has 4 bridgehead atoms. The van der Waals surface area contributed by atoms with Crippen molar-refractivity contribution in [3.63, 3.8) is 0 Å². The van der Waals surface area contributed by atoms with Crippen molar-refractivity contribution in [3.8, 4) is 0 Å². The van der Waals surface area contributed by atoms with Crippen molar-refractivity contribution in [1.29, 1.82) is 0 Å². The van der Waals surface area contributed by atoms with Gasteiger partial charge in [-0.05, 0) is 68.0 Å². The summed E-state index contributed by atoms with van der Waals surface area (Å²) in [5.41, 5.74) is 4.03. The smallest absolute Gasteiger partial charge is 0.360 e. The van der Waals surface area contributed by atoms with E-state index < -0.39 is 24.0 Å². The zero-order valence-electron chi connectivity index (χ0n) is 44.9. The zero-order valence-corrected chi connectivity index (χ0v) is 48.1. The van der Waals surface area contributed by atoms with Crippen molar-refractivity contribution in [2.45, 2.75) is 76.9 Å². The third-order valence-corrected chi connectivity index (χ3v) is 15.3. The van der Waals surface area contributed by atoms with E-state index in [9.17, 15) is 28.8 Å². The van der Waals surface area contributed by atoms with Gasteiger partial charge in [0.2, 0.25) is 17.3 Å². The monoisotopic (exact) mass is 1220 g/mol. The summed E-state index contributed by atoms with van der Waals surface area (Å²) in [5.74, 6) is -1.30. The molecule has 0 radical (unpaired) electrons. The molecule has 8 heterocycles. The number of ketones is 2. The molecule has 2 aromatic heterocycles. The van der Waals surface area contributed by atoms with Crippen molar-refractivity contribution >= 4 is 51.4 Å². The highest BCUT2D eigenvalue weighted by Gasteiger charge is 2.49. The van der Waals surface area contributed by atoms with Gasteiger partial charge in [-0.2, -0.15) is 0 Å². The number of fused-ring (bicyclic) bond motifs is 6. The second kappa shape index (κ2) is 30.2. The highest BCUT2D eigenvalue weighted by molar-refractivity contribution is 9.09. The van der Waals surface area contributed by atoms with Gasteiger partial charge in [0, 0.05) is 50.5 Å². The number of aromatic nitrogens is 2. The zero-order chi connectivity index (χ0) is 55.6. The molecular formula is C60H68Br2N6O12. The van der Waals surface area contributed by atoms with Crippen LogP contribution in [0.5, 0.6) is 0 Å². The second-order valence-electron chi connectivity index (χ2n) is 20.0. The van der Waals surface area contributed by atoms with Crippen LogP contribution in [-0.2, 0) is 41.6 Å². The minimum absolute atomic E-state index is 0. The number of hydrogen-bond donors (Lipinski definition) is 2. The van der Waals surface area contributed by atoms with Crippen LogP contribution in [0, 0.1) is 11.8 Å². The number of Topliss-reactive ketones (excluding diaryl/α,β-unsaturated/α-hetero) is 2. The average Bonchev–Trinajstić information content (AvgIpc) is 4.22. The first-order chi connectivity index (χ1) is 38.4. The molecule has 6 aromatic rings. The Morgan fingerprint density at radius 3 is 1.46 bits per heavy atom. The standard InChI is InChI=1S/C30H34N3O6.C22H26N2O2.C8H8BrNO4.BrH/c1-2-37-29(35)24-17-26(39-32-24)25(34)19-33-15-13-22(14-16-33)27(20-33)38-30(36)28(23-11-7-4-8-12-23)31-18-21-9-5-3-6-10-21;25-22(26-20-16-24-13-11-18(20)12-14-24)21(19-9-5-2-6-10-19)23-15-17-7-3-1-4-8-17;1-2-13-8(12)5-3-7(14-10-5)6(11)4-9;/h3-12,17,22,27-28,31H,2,13-16,18-20H2,1H3;1-10,18,20-21,23H,11-16H2;3H,2,4H2,1H3;1H/q+1;;;/p-1/t22?,27-,28?,33?;20-,21?;;/m00../s1. The lowest BCUT2D eigenvalue weighted by Gasteiger charge is -2.51. The van der Waals surface area contributed by atoms with Gasteiger partial charge in [-0.15, -0.1) is 0 Å². The molecule has 0 saturated carbocycles. The quantitative estimate of drug-likeness (QED) is 0.0307. The fourth-order valence-corrected chi connectivity index (χ4v) is 10.8. The van der Waals surface area contributed by atoms with E-state index in [4.69, 9.17) is 18.7 Å². The van der Waals surface area contributed by atoms with Crippen LogP contribution in [0.4, 0.5) is 0 Å². The predicted molar refractivity (Wildman–Crippen MR) is 294 cm³/mol. The number of nitrogens with one attached hydrogen (secondary N) is 2. The molecule has 6 aliphatic heterocycles. The van der Waals surface area contributed by atoms with Crippen LogP contribution in [0.3, 0.4) is 0 Å². The van der Waals surface area contributed by atoms with Gasteiger partial charge in [0.25, 0.3) is 5.78 Å². The van der Waals surface area contributed by atoms with Gasteiger partial charge < -0.3 is 49.5 Å². The topological polar surface area (TPSA) is 219 Å². The fraction of sp³-hybridized carbons (Fsp3) is 0.400. The number of benzene rings is 4. The molecular weight excluding hydrogens is 1160 g/mol. The van der Waals surface area contributed by atoms with Gasteiger partial charge in [0.1, 0.15) is 31.3 Å². The van der Waals surface area contributed by atoms with Gasteiger partial charge >= 0.3 is 23.9 Å². The summed E-state index contributed by atoms with van der Waals surface area (Å²) in [6.07, 6.45) is 3.81. The van der Waals surface area contributed by atoms with E-state index in [1.165, 1.54) is 12.1 Å². The lowest BCUT2D eigenvalue weighted by atomic mass is 9.83. The molecule has 6 aliphatic rings. The molecule has 6 saturated heterocycles. The molecule has 12 rings (SSSR count). The molecule has 0 aliphatic carbocycles. The molecule has 6 fully saturated rings. The lowest BCUT2D eigenvalue weighted by Crippen LogP contribution is -3.00. The van der Waals surface area contributed by atoms with E-state index in [1.54, 1.807) is 13.8 Å².